The first kappa shape index (κ1) is 16.4. The second-order valence-corrected chi connectivity index (χ2v) is 16.0. The molecular formula is C51H37N5Si. The summed E-state index contributed by atoms with van der Waals surface area (Å²) in [7, 11) is -4.96. The maximum atomic E-state index is 9.86. The number of hydrogen-bond acceptors (Lipinski definition) is 1. The minimum absolute atomic E-state index is 0.0445. The van der Waals surface area contributed by atoms with Gasteiger partial charge < -0.3 is 0 Å². The Balaban J connectivity index is 1.38. The van der Waals surface area contributed by atoms with E-state index in [2.05, 4.69) is 9.98 Å². The lowest BCUT2D eigenvalue weighted by Crippen LogP contribution is -2.74. The van der Waals surface area contributed by atoms with Crippen molar-refractivity contribution in [3.63, 3.8) is 0 Å². The number of para-hydroxylation sites is 4. The predicted octanol–water partition coefficient (Wildman–Crippen LogP) is 9.09. The lowest BCUT2D eigenvalue weighted by molar-refractivity contribution is 1.21. The molecule has 0 saturated carbocycles. The Bertz CT molecular complexity index is 4390. The zero-order valence-electron chi connectivity index (χ0n) is 55.1. The molecule has 0 atom stereocenters. The van der Waals surface area contributed by atoms with Gasteiger partial charge in [-0.25, -0.2) is 4.99 Å². The molecule has 5 nitrogen and oxygen atoms in total. The lowest BCUT2D eigenvalue weighted by Gasteiger charge is -2.34. The highest BCUT2D eigenvalue weighted by atomic mass is 28.3. The van der Waals surface area contributed by atoms with Crippen molar-refractivity contribution in [1.29, 1.82) is 5.41 Å². The summed E-state index contributed by atoms with van der Waals surface area (Å²) < 4.78 is 234. The summed E-state index contributed by atoms with van der Waals surface area (Å²) in [5.41, 5.74) is -2.29. The van der Waals surface area contributed by atoms with E-state index in [0.29, 0.717) is 0 Å². The molecule has 270 valence electrons. The highest BCUT2D eigenvalue weighted by Crippen LogP contribution is 2.30. The molecule has 0 amide bonds. The van der Waals surface area contributed by atoms with E-state index in [9.17, 15) is 13.6 Å². The van der Waals surface area contributed by atoms with Crippen molar-refractivity contribution in [2.75, 3.05) is 0 Å². The molecule has 0 unspecified atom stereocenters. The van der Waals surface area contributed by atoms with Gasteiger partial charge in [-0.05, 0) is 44.9 Å². The van der Waals surface area contributed by atoms with Crippen LogP contribution in [0.4, 0.5) is 0 Å². The van der Waals surface area contributed by atoms with Crippen LogP contribution >= 0.6 is 0 Å². The molecule has 0 aliphatic carbocycles. The average molecular weight is 774 g/mol. The van der Waals surface area contributed by atoms with E-state index in [4.69, 9.17) is 27.4 Å². The number of nitrogens with zero attached hydrogens (tertiary/aromatic N) is 4. The molecule has 0 bridgehead atoms. The van der Waals surface area contributed by atoms with E-state index in [-0.39, 0.29) is 26.7 Å². The van der Waals surface area contributed by atoms with E-state index in [1.165, 1.54) is 48.5 Å². The Kier molecular flexibility index (Phi) is 4.12. The Hall–Kier alpha value is -7.41. The third kappa shape index (κ3) is 5.74. The van der Waals surface area contributed by atoms with E-state index in [1.54, 1.807) is 6.07 Å². The first-order valence-corrected chi connectivity index (χ1v) is 19.0. The van der Waals surface area contributed by atoms with Gasteiger partial charge in [-0.2, -0.15) is 4.99 Å². The first-order chi connectivity index (χ1) is 39.0. The number of nitrogens with one attached hydrogen (secondary N) is 1. The van der Waals surface area contributed by atoms with E-state index in [0.717, 1.165) is 15.5 Å². The normalized spacial score (nSPS) is 18.7. The molecular weight excluding hydrogens is 711 g/mol. The zero-order valence-corrected chi connectivity index (χ0v) is 30.1. The van der Waals surface area contributed by atoms with Gasteiger partial charge in [0.1, 0.15) is 6.34 Å². The van der Waals surface area contributed by atoms with E-state index < -0.39 is 220 Å². The fourth-order valence-corrected chi connectivity index (χ4v) is 11.1. The third-order valence-corrected chi connectivity index (χ3v) is 13.7. The van der Waals surface area contributed by atoms with E-state index in [1.807, 2.05) is 0 Å². The smallest absolute Gasteiger partial charge is 0.238 e. The van der Waals surface area contributed by atoms with E-state index >= 15 is 0 Å². The van der Waals surface area contributed by atoms with Crippen LogP contribution in [0.2, 0.25) is 0 Å². The molecule has 0 radical (unpaired) electrons. The van der Waals surface area contributed by atoms with Crippen molar-refractivity contribution in [1.82, 2.24) is 9.13 Å². The van der Waals surface area contributed by atoms with Gasteiger partial charge in [0.05, 0.1) is 57.7 Å². The molecule has 8 aromatic carbocycles. The van der Waals surface area contributed by atoms with Gasteiger partial charge in [0.25, 0.3) is 0 Å². The molecule has 2 heterocycles. The van der Waals surface area contributed by atoms with Crippen molar-refractivity contribution in [2.24, 2.45) is 9.98 Å². The molecule has 0 saturated heterocycles. The van der Waals surface area contributed by atoms with Gasteiger partial charge >= 0.3 is 0 Å². The molecule has 57 heavy (non-hydrogen) atoms. The molecule has 10 aromatic rings. The number of rotatable bonds is 6. The van der Waals surface area contributed by atoms with Crippen LogP contribution < -0.4 is 20.7 Å². The van der Waals surface area contributed by atoms with Crippen molar-refractivity contribution in [3.05, 3.63) is 217 Å². The third-order valence-electron chi connectivity index (χ3n) is 9.33. The largest absolute Gasteiger partial charge is 0.300 e. The molecule has 6 heteroatoms. The van der Waals surface area contributed by atoms with Gasteiger partial charge in [0, 0.05) is 27.1 Å². The fourth-order valence-electron chi connectivity index (χ4n) is 6.93. The highest BCUT2D eigenvalue weighted by molar-refractivity contribution is 7.19. The van der Waals surface area contributed by atoms with Gasteiger partial charge in [0.15, 0.2) is 13.9 Å². The first-order valence-electron chi connectivity index (χ1n) is 30.0. The Morgan fingerprint density at radius 1 is 0.491 bits per heavy atom. The highest BCUT2D eigenvalue weighted by Gasteiger charge is 2.41. The minimum atomic E-state index is -4.96. The second-order valence-electron chi connectivity index (χ2n) is 12.3. The summed E-state index contributed by atoms with van der Waals surface area (Å²) in [4.78, 5) is 9.14. The predicted molar refractivity (Wildman–Crippen MR) is 242 cm³/mol. The van der Waals surface area contributed by atoms with Crippen LogP contribution in [-0.4, -0.2) is 35.3 Å². The Morgan fingerprint density at radius 3 is 1.49 bits per heavy atom. The Morgan fingerprint density at radius 2 is 0.947 bits per heavy atom. The summed E-state index contributed by atoms with van der Waals surface area (Å²) in [6, 6.07) is -7.79. The fraction of sp³-hybridized carbons (Fsp3) is 0. The van der Waals surface area contributed by atoms with Crippen LogP contribution in [0.1, 0.15) is 41.2 Å². The zero-order chi connectivity index (χ0) is 60.8. The molecule has 0 aliphatic heterocycles. The van der Waals surface area contributed by atoms with Crippen LogP contribution in [0.5, 0.6) is 0 Å². The number of hydrogen-bond donors (Lipinski definition) is 1. The van der Waals surface area contributed by atoms with Crippen molar-refractivity contribution in [3.8, 4) is 0 Å². The average Bonchev–Trinajstić information content (AvgIpc) is 1.87. The molecule has 0 fully saturated rings. The van der Waals surface area contributed by atoms with Crippen molar-refractivity contribution in [2.45, 2.75) is 0 Å². The monoisotopic (exact) mass is 773 g/mol. The van der Waals surface area contributed by atoms with Gasteiger partial charge in [0.2, 0.25) is 5.96 Å². The molecule has 0 spiro atoms. The molecule has 2 aromatic heterocycles. The topological polar surface area (TPSA) is 58.4 Å². The maximum Gasteiger partial charge on any atom is 0.238 e. The molecule has 10 rings (SSSR count). The van der Waals surface area contributed by atoms with Gasteiger partial charge in [-0.1, -0.05) is 188 Å². The van der Waals surface area contributed by atoms with Crippen molar-refractivity contribution >= 4 is 90.6 Å². The standard InChI is InChI=1S/C51H37N5Si/c52-50(37-19-18-26-41(35-37)57(38-20-4-1-5-21-38,39-22-6-2-7-23-39)40-24-8-3-9-25-40)54-51(56-48-33-16-12-29-44(48)45-30-13-17-34-49(45)56)53-36-55-46-31-14-10-27-42(46)43-28-11-15-32-47(43)55/h1-36,52H/i1D,2D,4D,5D,6D,7D,10D,11D,12D,13D,14D,15D,16D,17D,20D,21D,22D,23D,27D,28D,29D,30D,31D,32D,33D,34D. The van der Waals surface area contributed by atoms with Crippen molar-refractivity contribution < 1.29 is 35.6 Å². The summed E-state index contributed by atoms with van der Waals surface area (Å²) in [6.45, 7) is 0. The SMILES string of the molecule is [2H]c1c([2H])c([2H])c([Si](c2ccccc2)(c2cccc(C(=N)N=C(N=Cn3c4c([2H])c([2H])c([2H])c([2H])c4c4c([2H])c([2H])c([2H])c([2H])c43)n3c4c([2H])c([2H])c([2H])c([2H])c4c4c([2H])c([2H])c([2H])c([2H])c43)c2)c2c([2H])c([2H])c([2H])c([2H])c2[2H])c([2H])c1[2H]. The van der Waals surface area contributed by atoms with Gasteiger partial charge in [-0.3, -0.25) is 14.5 Å². The lowest BCUT2D eigenvalue weighted by atomic mass is 10.2. The molecule has 0 aliphatic rings. The van der Waals surface area contributed by atoms with Crippen LogP contribution in [0.15, 0.2) is 222 Å². The number of aliphatic imine (C=N–C) groups is 2. The van der Waals surface area contributed by atoms with Crippen LogP contribution in [0, 0.1) is 5.41 Å². The van der Waals surface area contributed by atoms with Gasteiger partial charge in [-0.15, -0.1) is 0 Å². The van der Waals surface area contributed by atoms with Crippen LogP contribution in [0.25, 0.3) is 43.6 Å². The number of amidine groups is 1. The number of benzene rings is 8. The minimum Gasteiger partial charge on any atom is -0.300 e. The maximum absolute atomic E-state index is 9.86. The number of fused-ring (bicyclic) bond motifs is 6. The molecule has 1 N–H and O–H groups in total. The summed E-state index contributed by atoms with van der Waals surface area (Å²) in [6.07, 6.45) is 0.785. The summed E-state index contributed by atoms with van der Waals surface area (Å²) in [5, 5.41) is 7.38. The summed E-state index contributed by atoms with van der Waals surface area (Å²) in [5.74, 6) is -1.74. The van der Waals surface area contributed by atoms with Crippen LogP contribution in [-0.2, 0) is 0 Å². The Labute approximate surface area is 368 Å². The number of aromatic nitrogens is 2. The quantitative estimate of drug-likeness (QED) is 0.0759. The summed E-state index contributed by atoms with van der Waals surface area (Å²) >= 11 is 0. The van der Waals surface area contributed by atoms with Crippen LogP contribution in [0.3, 0.4) is 0 Å². The second kappa shape index (κ2) is 14.3.